The van der Waals surface area contributed by atoms with Crippen molar-refractivity contribution >= 4 is 58.3 Å². The molecule has 0 N–H and O–H groups in total. The highest BCUT2D eigenvalue weighted by Gasteiger charge is 2.18. The van der Waals surface area contributed by atoms with Crippen molar-refractivity contribution in [2.75, 3.05) is 0 Å². The minimum absolute atomic E-state index is 0.184. The molecule has 1 rings (SSSR count). The van der Waals surface area contributed by atoms with Gasteiger partial charge in [-0.1, -0.05) is 15.9 Å². The first-order valence-corrected chi connectivity index (χ1v) is 7.41. The molecule has 0 aliphatic heterocycles. The van der Waals surface area contributed by atoms with E-state index in [1.165, 1.54) is 0 Å². The molecule has 0 radical (unpaired) electrons. The number of halogens is 3. The maximum Gasteiger partial charge on any atom is 0.262 e. The molecular formula is C7H5BrClIO2S. The van der Waals surface area contributed by atoms with Crippen LogP contribution in [0.15, 0.2) is 21.5 Å². The Morgan fingerprint density at radius 2 is 2.00 bits per heavy atom. The summed E-state index contributed by atoms with van der Waals surface area (Å²) in [6.45, 7) is 1.71. The Labute approximate surface area is 103 Å². The van der Waals surface area contributed by atoms with Crippen molar-refractivity contribution in [2.24, 2.45) is 0 Å². The van der Waals surface area contributed by atoms with Crippen molar-refractivity contribution in [3.05, 3.63) is 25.7 Å². The lowest BCUT2D eigenvalue weighted by Gasteiger charge is -2.06. The molecule has 0 heterocycles. The Morgan fingerprint density at radius 3 is 2.38 bits per heavy atom. The summed E-state index contributed by atoms with van der Waals surface area (Å²) in [7, 11) is 1.64. The van der Waals surface area contributed by atoms with Crippen molar-refractivity contribution in [1.29, 1.82) is 0 Å². The van der Waals surface area contributed by atoms with Crippen LogP contribution in [-0.2, 0) is 9.05 Å². The highest BCUT2D eigenvalue weighted by atomic mass is 127. The van der Waals surface area contributed by atoms with E-state index in [4.69, 9.17) is 10.7 Å². The first-order chi connectivity index (χ1) is 5.84. The molecule has 0 bridgehead atoms. The van der Waals surface area contributed by atoms with Gasteiger partial charge in [0, 0.05) is 18.7 Å². The molecule has 0 unspecified atom stereocenters. The Balaban J connectivity index is 3.62. The third-order valence-corrected chi connectivity index (χ3v) is 5.14. The van der Waals surface area contributed by atoms with E-state index in [1.807, 2.05) is 22.6 Å². The van der Waals surface area contributed by atoms with Gasteiger partial charge in [-0.3, -0.25) is 0 Å². The summed E-state index contributed by atoms with van der Waals surface area (Å²) in [5, 5.41) is 0. The van der Waals surface area contributed by atoms with E-state index in [0.717, 1.165) is 4.47 Å². The molecule has 6 heteroatoms. The molecule has 0 saturated carbocycles. The van der Waals surface area contributed by atoms with Crippen LogP contribution in [0.2, 0.25) is 0 Å². The van der Waals surface area contributed by atoms with Gasteiger partial charge in [-0.25, -0.2) is 8.42 Å². The van der Waals surface area contributed by atoms with E-state index in [1.54, 1.807) is 19.1 Å². The van der Waals surface area contributed by atoms with Crippen molar-refractivity contribution in [1.82, 2.24) is 0 Å². The topological polar surface area (TPSA) is 34.1 Å². The fraction of sp³-hybridized carbons (Fsp3) is 0.143. The van der Waals surface area contributed by atoms with E-state index < -0.39 is 9.05 Å². The van der Waals surface area contributed by atoms with E-state index >= 15 is 0 Å². The monoisotopic (exact) mass is 394 g/mol. The minimum atomic E-state index is -3.65. The Hall–Kier alpha value is 0.670. The third-order valence-electron chi connectivity index (χ3n) is 1.54. The van der Waals surface area contributed by atoms with Crippen molar-refractivity contribution in [2.45, 2.75) is 11.8 Å². The maximum absolute atomic E-state index is 11.2. The summed E-state index contributed by atoms with van der Waals surface area (Å²) in [5.74, 6) is 0. The van der Waals surface area contributed by atoms with E-state index in [-0.39, 0.29) is 4.90 Å². The summed E-state index contributed by atoms with van der Waals surface area (Å²) in [6, 6.07) is 3.50. The van der Waals surface area contributed by atoms with E-state index in [0.29, 0.717) is 9.13 Å². The van der Waals surface area contributed by atoms with Crippen LogP contribution in [-0.4, -0.2) is 8.42 Å². The highest BCUT2D eigenvalue weighted by Crippen LogP contribution is 2.30. The second-order valence-electron chi connectivity index (χ2n) is 2.42. The Morgan fingerprint density at radius 1 is 1.46 bits per heavy atom. The van der Waals surface area contributed by atoms with Crippen molar-refractivity contribution in [3.63, 3.8) is 0 Å². The van der Waals surface area contributed by atoms with Crippen LogP contribution in [0, 0.1) is 10.5 Å². The van der Waals surface area contributed by atoms with Crippen LogP contribution in [0.1, 0.15) is 5.56 Å². The molecule has 1 aromatic rings. The van der Waals surface area contributed by atoms with Crippen molar-refractivity contribution < 1.29 is 8.42 Å². The molecule has 0 spiro atoms. The van der Waals surface area contributed by atoms with Gasteiger partial charge in [0.25, 0.3) is 9.05 Å². The zero-order valence-corrected chi connectivity index (χ0v) is 11.8. The van der Waals surface area contributed by atoms with Gasteiger partial charge in [-0.15, -0.1) is 0 Å². The lowest BCUT2D eigenvalue weighted by atomic mass is 10.2. The molecule has 0 aromatic heterocycles. The predicted octanol–water partition coefficient (Wildman–Crippen LogP) is 3.29. The zero-order chi connectivity index (χ0) is 10.2. The maximum atomic E-state index is 11.2. The molecule has 2 nitrogen and oxygen atoms in total. The van der Waals surface area contributed by atoms with Gasteiger partial charge >= 0.3 is 0 Å². The second kappa shape index (κ2) is 4.04. The standard InChI is InChI=1S/C7H5BrClIO2S/c1-4-5(8)2-3-6(10)7(4)13(9,11)12/h2-3H,1H3. The molecule has 0 aliphatic carbocycles. The van der Waals surface area contributed by atoms with Crippen LogP contribution in [0.25, 0.3) is 0 Å². The first-order valence-electron chi connectivity index (χ1n) is 3.23. The second-order valence-corrected chi connectivity index (χ2v) is 6.94. The van der Waals surface area contributed by atoms with Crippen LogP contribution < -0.4 is 0 Å². The van der Waals surface area contributed by atoms with Gasteiger partial charge in [-0.05, 0) is 47.2 Å². The Bertz CT molecular complexity index is 444. The average Bonchev–Trinajstić information content (AvgIpc) is 1.95. The van der Waals surface area contributed by atoms with E-state index in [9.17, 15) is 8.42 Å². The molecule has 13 heavy (non-hydrogen) atoms. The van der Waals surface area contributed by atoms with Crippen molar-refractivity contribution in [3.8, 4) is 0 Å². The summed E-state index contributed by atoms with van der Waals surface area (Å²) in [4.78, 5) is 0.184. The number of hydrogen-bond acceptors (Lipinski definition) is 2. The molecule has 0 amide bonds. The predicted molar refractivity (Wildman–Crippen MR) is 64.6 cm³/mol. The minimum Gasteiger partial charge on any atom is -0.207 e. The van der Waals surface area contributed by atoms with Crippen LogP contribution in [0.3, 0.4) is 0 Å². The fourth-order valence-electron chi connectivity index (χ4n) is 0.934. The fourth-order valence-corrected chi connectivity index (χ4v) is 4.61. The lowest BCUT2D eigenvalue weighted by Crippen LogP contribution is -1.98. The lowest BCUT2D eigenvalue weighted by molar-refractivity contribution is 0.608. The molecule has 0 fully saturated rings. The summed E-state index contributed by atoms with van der Waals surface area (Å²) in [6.07, 6.45) is 0. The molecular weight excluding hydrogens is 390 g/mol. The van der Waals surface area contributed by atoms with Gasteiger partial charge in [0.2, 0.25) is 0 Å². The highest BCUT2D eigenvalue weighted by molar-refractivity contribution is 14.1. The van der Waals surface area contributed by atoms with Crippen LogP contribution in [0.5, 0.6) is 0 Å². The summed E-state index contributed by atoms with van der Waals surface area (Å²) in [5.41, 5.74) is 0.641. The average molecular weight is 395 g/mol. The molecule has 0 atom stereocenters. The van der Waals surface area contributed by atoms with Gasteiger partial charge in [-0.2, -0.15) is 0 Å². The molecule has 1 aromatic carbocycles. The summed E-state index contributed by atoms with van der Waals surface area (Å²) < 4.78 is 23.7. The van der Waals surface area contributed by atoms with Crippen LogP contribution >= 0.6 is 49.2 Å². The summed E-state index contributed by atoms with van der Waals surface area (Å²) >= 11 is 5.19. The molecule has 0 saturated heterocycles. The van der Waals surface area contributed by atoms with Crippen LogP contribution in [0.4, 0.5) is 0 Å². The SMILES string of the molecule is Cc1c(Br)ccc(I)c1S(=O)(=O)Cl. The third kappa shape index (κ3) is 2.57. The number of hydrogen-bond donors (Lipinski definition) is 0. The first kappa shape index (κ1) is 11.7. The van der Waals surface area contributed by atoms with Gasteiger partial charge in [0.05, 0.1) is 4.90 Å². The molecule has 72 valence electrons. The molecule has 0 aliphatic rings. The zero-order valence-electron chi connectivity index (χ0n) is 6.51. The normalized spacial score (nSPS) is 11.7. The van der Waals surface area contributed by atoms with Gasteiger partial charge in [0.15, 0.2) is 0 Å². The van der Waals surface area contributed by atoms with Gasteiger partial charge in [0.1, 0.15) is 0 Å². The van der Waals surface area contributed by atoms with E-state index in [2.05, 4.69) is 15.9 Å². The number of benzene rings is 1. The van der Waals surface area contributed by atoms with Gasteiger partial charge < -0.3 is 0 Å². The number of rotatable bonds is 1. The largest absolute Gasteiger partial charge is 0.262 e. The smallest absolute Gasteiger partial charge is 0.207 e. The quantitative estimate of drug-likeness (QED) is 0.540. The Kier molecular flexibility index (Phi) is 3.65.